The van der Waals surface area contributed by atoms with Crippen molar-refractivity contribution in [3.05, 3.63) is 17.7 Å². The minimum absolute atomic E-state index is 0.0241. The molecule has 7 N–H and O–H groups in total. The number of aliphatic hydroxyl groups excluding tert-OH is 3. The Kier molecular flexibility index (Phi) is 3.01. The molecule has 0 spiro atoms. The molecule has 0 aliphatic heterocycles. The van der Waals surface area contributed by atoms with Crippen molar-refractivity contribution in [2.45, 2.75) is 18.2 Å². The summed E-state index contributed by atoms with van der Waals surface area (Å²) in [7, 11) is 0. The molecule has 2 aromatic heterocycles. The molecule has 0 fully saturated rings. The zero-order valence-electron chi connectivity index (χ0n) is 10.7. The second-order valence-electron chi connectivity index (χ2n) is 4.70. The monoisotopic (exact) mass is 296 g/mol. The lowest BCUT2D eigenvalue weighted by atomic mass is 10.1. The molecule has 1 aliphatic carbocycles. The molecule has 21 heavy (non-hydrogen) atoms. The van der Waals surface area contributed by atoms with Crippen molar-refractivity contribution in [3.63, 3.8) is 0 Å². The van der Waals surface area contributed by atoms with E-state index < -0.39 is 30.7 Å². The van der Waals surface area contributed by atoms with Crippen LogP contribution in [0.25, 0.3) is 11.2 Å². The first kappa shape index (κ1) is 13.7. The lowest BCUT2D eigenvalue weighted by Crippen LogP contribution is -2.30. The van der Waals surface area contributed by atoms with Crippen molar-refractivity contribution in [1.82, 2.24) is 19.5 Å². The van der Waals surface area contributed by atoms with Crippen LogP contribution in [0, 0.1) is 0 Å². The number of imidazole rings is 1. The maximum atomic E-state index is 14.3. The van der Waals surface area contributed by atoms with Crippen LogP contribution >= 0.6 is 0 Å². The van der Waals surface area contributed by atoms with E-state index in [-0.39, 0.29) is 28.5 Å². The summed E-state index contributed by atoms with van der Waals surface area (Å²) >= 11 is 0. The van der Waals surface area contributed by atoms with Gasteiger partial charge in [0.25, 0.3) is 0 Å². The zero-order valence-corrected chi connectivity index (χ0v) is 10.7. The van der Waals surface area contributed by atoms with E-state index in [4.69, 9.17) is 16.6 Å². The number of halogens is 1. The van der Waals surface area contributed by atoms with E-state index in [9.17, 15) is 14.6 Å². The zero-order chi connectivity index (χ0) is 15.3. The van der Waals surface area contributed by atoms with Crippen LogP contribution in [-0.2, 0) is 0 Å². The summed E-state index contributed by atoms with van der Waals surface area (Å²) in [6.07, 6.45) is -1.77. The van der Waals surface area contributed by atoms with Crippen LogP contribution in [0.3, 0.4) is 0 Å². The largest absolute Gasteiger partial charge is 0.392 e. The van der Waals surface area contributed by atoms with Gasteiger partial charge >= 0.3 is 0 Å². The van der Waals surface area contributed by atoms with E-state index in [1.807, 2.05) is 0 Å². The number of rotatable bonds is 2. The third kappa shape index (κ3) is 1.84. The summed E-state index contributed by atoms with van der Waals surface area (Å²) in [4.78, 5) is 11.6. The maximum absolute atomic E-state index is 14.3. The smallest absolute Gasteiger partial charge is 0.224 e. The van der Waals surface area contributed by atoms with Gasteiger partial charge in [-0.2, -0.15) is 9.97 Å². The van der Waals surface area contributed by atoms with E-state index in [2.05, 4.69) is 15.0 Å². The summed E-state index contributed by atoms with van der Waals surface area (Å²) in [6.45, 7) is -0.702. The van der Waals surface area contributed by atoms with Gasteiger partial charge < -0.3 is 31.4 Å². The molecule has 0 bridgehead atoms. The van der Waals surface area contributed by atoms with Gasteiger partial charge in [0.2, 0.25) is 5.95 Å². The molecule has 3 atom stereocenters. The number of fused-ring (bicyclic) bond motifs is 1. The van der Waals surface area contributed by atoms with E-state index in [1.165, 1.54) is 10.9 Å². The Morgan fingerprint density at radius 2 is 2.00 bits per heavy atom. The third-order valence-corrected chi connectivity index (χ3v) is 3.51. The van der Waals surface area contributed by atoms with Gasteiger partial charge in [-0.1, -0.05) is 0 Å². The molecule has 10 heteroatoms. The SMILES string of the molecule is Nc1nc(N)c2ncn([C@@H]3C(F)=C(CO)[C@@H](O)[C@H]3O)c2n1. The summed E-state index contributed by atoms with van der Waals surface area (Å²) in [5, 5.41) is 28.8. The number of anilines is 2. The third-order valence-electron chi connectivity index (χ3n) is 3.51. The number of hydrogen-bond acceptors (Lipinski definition) is 8. The van der Waals surface area contributed by atoms with Crippen molar-refractivity contribution in [2.75, 3.05) is 18.1 Å². The average Bonchev–Trinajstić information content (AvgIpc) is 2.91. The first-order chi connectivity index (χ1) is 9.95. The average molecular weight is 296 g/mol. The lowest BCUT2D eigenvalue weighted by Gasteiger charge is -2.19. The first-order valence-electron chi connectivity index (χ1n) is 6.06. The second kappa shape index (κ2) is 4.62. The minimum atomic E-state index is -1.51. The Bertz CT molecular complexity index is 745. The standard InChI is InChI=1S/C11H13FN6O3/c12-4-3(1-19)7(20)8(21)6(4)18-2-15-5-9(13)16-11(14)17-10(5)18/h2,6-8,19-21H,1H2,(H4,13,14,16,17)/t6-,7-,8+/m1/s1. The number of nitrogens with two attached hydrogens (primary N) is 2. The number of aromatic nitrogens is 4. The minimum Gasteiger partial charge on any atom is -0.392 e. The summed E-state index contributed by atoms with van der Waals surface area (Å²) in [5.41, 5.74) is 11.2. The molecule has 2 aromatic rings. The number of nitrogens with zero attached hydrogens (tertiary/aromatic N) is 4. The topological polar surface area (TPSA) is 156 Å². The molecule has 0 radical (unpaired) electrons. The first-order valence-corrected chi connectivity index (χ1v) is 6.06. The fourth-order valence-corrected chi connectivity index (χ4v) is 2.48. The Balaban J connectivity index is 2.19. The van der Waals surface area contributed by atoms with E-state index in [0.717, 1.165) is 0 Å². The second-order valence-corrected chi connectivity index (χ2v) is 4.70. The highest BCUT2D eigenvalue weighted by molar-refractivity contribution is 5.82. The Morgan fingerprint density at radius 1 is 1.29 bits per heavy atom. The Labute approximate surface area is 117 Å². The molecular formula is C11H13FN6O3. The highest BCUT2D eigenvalue weighted by Gasteiger charge is 2.43. The number of aliphatic hydroxyl groups is 3. The van der Waals surface area contributed by atoms with E-state index >= 15 is 0 Å². The van der Waals surface area contributed by atoms with E-state index in [0.29, 0.717) is 0 Å². The fraction of sp³-hybridized carbons (Fsp3) is 0.364. The fourth-order valence-electron chi connectivity index (χ4n) is 2.48. The molecule has 0 unspecified atom stereocenters. The molecule has 2 heterocycles. The molecule has 0 saturated carbocycles. The van der Waals surface area contributed by atoms with Crippen LogP contribution in [0.15, 0.2) is 17.7 Å². The maximum Gasteiger partial charge on any atom is 0.224 e. The van der Waals surface area contributed by atoms with Crippen LogP contribution in [0.5, 0.6) is 0 Å². The molecule has 0 amide bonds. The molecule has 112 valence electrons. The molecule has 1 aliphatic rings. The van der Waals surface area contributed by atoms with Crippen LogP contribution in [0.2, 0.25) is 0 Å². The number of nitrogen functional groups attached to an aromatic ring is 2. The van der Waals surface area contributed by atoms with Gasteiger partial charge in [0.1, 0.15) is 29.6 Å². The molecule has 0 aromatic carbocycles. The van der Waals surface area contributed by atoms with Crippen LogP contribution in [0.1, 0.15) is 6.04 Å². The number of hydrogen-bond donors (Lipinski definition) is 5. The van der Waals surface area contributed by atoms with Gasteiger partial charge in [-0.3, -0.25) is 0 Å². The summed E-state index contributed by atoms with van der Waals surface area (Å²) in [6, 6.07) is -1.26. The Hall–Kier alpha value is -2.30. The summed E-state index contributed by atoms with van der Waals surface area (Å²) in [5.74, 6) is -0.940. The quantitative estimate of drug-likeness (QED) is 0.447. The van der Waals surface area contributed by atoms with Gasteiger partial charge in [-0.25, -0.2) is 9.37 Å². The van der Waals surface area contributed by atoms with Crippen molar-refractivity contribution in [1.29, 1.82) is 0 Å². The van der Waals surface area contributed by atoms with Gasteiger partial charge in [0.15, 0.2) is 11.5 Å². The Morgan fingerprint density at radius 3 is 2.62 bits per heavy atom. The molecule has 9 nitrogen and oxygen atoms in total. The van der Waals surface area contributed by atoms with Crippen molar-refractivity contribution >= 4 is 22.9 Å². The van der Waals surface area contributed by atoms with Crippen molar-refractivity contribution in [2.24, 2.45) is 0 Å². The molecule has 0 saturated heterocycles. The van der Waals surface area contributed by atoms with Gasteiger partial charge in [0.05, 0.1) is 12.9 Å². The van der Waals surface area contributed by atoms with Crippen LogP contribution < -0.4 is 11.5 Å². The van der Waals surface area contributed by atoms with Crippen molar-refractivity contribution in [3.8, 4) is 0 Å². The highest BCUT2D eigenvalue weighted by Crippen LogP contribution is 2.38. The van der Waals surface area contributed by atoms with Gasteiger partial charge in [0, 0.05) is 5.57 Å². The summed E-state index contributed by atoms with van der Waals surface area (Å²) < 4.78 is 15.5. The normalized spacial score (nSPS) is 26.0. The highest BCUT2D eigenvalue weighted by atomic mass is 19.1. The van der Waals surface area contributed by atoms with Crippen molar-refractivity contribution < 1.29 is 19.7 Å². The van der Waals surface area contributed by atoms with Gasteiger partial charge in [-0.05, 0) is 0 Å². The lowest BCUT2D eigenvalue weighted by molar-refractivity contribution is 0.0262. The van der Waals surface area contributed by atoms with Crippen LogP contribution in [0.4, 0.5) is 16.2 Å². The predicted octanol–water partition coefficient (Wildman–Crippen LogP) is -1.52. The molecule has 3 rings (SSSR count). The van der Waals surface area contributed by atoms with Gasteiger partial charge in [-0.15, -0.1) is 0 Å². The predicted molar refractivity (Wildman–Crippen MR) is 70.4 cm³/mol. The molecular weight excluding hydrogens is 283 g/mol. The van der Waals surface area contributed by atoms with Crippen LogP contribution in [-0.4, -0.2) is 53.7 Å². The van der Waals surface area contributed by atoms with E-state index in [1.54, 1.807) is 0 Å².